The zero-order valence-corrected chi connectivity index (χ0v) is 14.4. The fourth-order valence-corrected chi connectivity index (χ4v) is 2.03. The second kappa shape index (κ2) is 8.33. The highest BCUT2D eigenvalue weighted by molar-refractivity contribution is 5.79. The molecule has 2 rings (SSSR count). The number of para-hydroxylation sites is 1. The molecule has 0 spiro atoms. The van der Waals surface area contributed by atoms with Gasteiger partial charge in [-0.05, 0) is 32.9 Å². The number of hydrogen-bond acceptors (Lipinski definition) is 4. The smallest absolute Gasteiger partial charge is 0.214 e. The van der Waals surface area contributed by atoms with Crippen LogP contribution in [0.3, 0.4) is 0 Å². The summed E-state index contributed by atoms with van der Waals surface area (Å²) < 4.78 is 24.6. The summed E-state index contributed by atoms with van der Waals surface area (Å²) in [5.41, 5.74) is 0.877. The summed E-state index contributed by atoms with van der Waals surface area (Å²) in [7, 11) is 1.67. The number of ether oxygens (including phenoxy) is 1. The number of aliphatic imine (C=N–C) groups is 1. The van der Waals surface area contributed by atoms with E-state index in [1.165, 1.54) is 6.07 Å². The predicted molar refractivity (Wildman–Crippen MR) is 90.7 cm³/mol. The van der Waals surface area contributed by atoms with Crippen LogP contribution < -0.4 is 15.4 Å². The van der Waals surface area contributed by atoms with Gasteiger partial charge < -0.3 is 19.8 Å². The maximum Gasteiger partial charge on any atom is 0.214 e. The topological polar surface area (TPSA) is 71.7 Å². The summed E-state index contributed by atoms with van der Waals surface area (Å²) >= 11 is 0. The van der Waals surface area contributed by atoms with Crippen LogP contribution in [0.1, 0.15) is 24.3 Å². The van der Waals surface area contributed by atoms with Gasteiger partial charge in [-0.25, -0.2) is 9.37 Å². The highest BCUT2D eigenvalue weighted by Crippen LogP contribution is 2.16. The van der Waals surface area contributed by atoms with Gasteiger partial charge in [0.05, 0.1) is 18.8 Å². The van der Waals surface area contributed by atoms with E-state index in [1.807, 2.05) is 20.8 Å². The third kappa shape index (κ3) is 4.97. The Bertz CT molecular complexity index is 680. The van der Waals surface area contributed by atoms with Crippen molar-refractivity contribution in [3.63, 3.8) is 0 Å². The van der Waals surface area contributed by atoms with Gasteiger partial charge in [0, 0.05) is 7.05 Å². The van der Waals surface area contributed by atoms with Crippen molar-refractivity contribution in [1.82, 2.24) is 15.6 Å². The van der Waals surface area contributed by atoms with Crippen LogP contribution in [0, 0.1) is 19.7 Å². The molecule has 6 nitrogen and oxygen atoms in total. The Labute approximate surface area is 141 Å². The van der Waals surface area contributed by atoms with E-state index in [9.17, 15) is 4.39 Å². The van der Waals surface area contributed by atoms with Crippen molar-refractivity contribution in [3.8, 4) is 5.75 Å². The van der Waals surface area contributed by atoms with Crippen LogP contribution in [0.5, 0.6) is 5.75 Å². The Morgan fingerprint density at radius 3 is 2.71 bits per heavy atom. The second-order valence-electron chi connectivity index (χ2n) is 5.41. The molecule has 0 aliphatic rings. The van der Waals surface area contributed by atoms with E-state index in [2.05, 4.69) is 20.6 Å². The zero-order valence-electron chi connectivity index (χ0n) is 14.4. The average molecular weight is 334 g/mol. The molecule has 130 valence electrons. The monoisotopic (exact) mass is 334 g/mol. The lowest BCUT2D eigenvalue weighted by molar-refractivity contribution is 0.214. The Balaban J connectivity index is 1.79. The normalized spacial score (nSPS) is 12.8. The summed E-state index contributed by atoms with van der Waals surface area (Å²) in [6.45, 7) is 6.53. The fraction of sp³-hybridized carbons (Fsp3) is 0.412. The molecule has 7 heteroatoms. The molecule has 24 heavy (non-hydrogen) atoms. The van der Waals surface area contributed by atoms with Gasteiger partial charge in [0.25, 0.3) is 0 Å². The molecule has 2 aromatic rings. The number of nitrogens with one attached hydrogen (secondary N) is 2. The molecule has 0 aliphatic carbocycles. The van der Waals surface area contributed by atoms with E-state index in [0.717, 1.165) is 11.5 Å². The number of guanidine groups is 1. The number of hydrogen-bond donors (Lipinski definition) is 2. The van der Waals surface area contributed by atoms with Crippen LogP contribution in [0.15, 0.2) is 33.7 Å². The number of oxazole rings is 1. The van der Waals surface area contributed by atoms with Gasteiger partial charge in [-0.3, -0.25) is 4.99 Å². The van der Waals surface area contributed by atoms with E-state index in [4.69, 9.17) is 9.15 Å². The fourth-order valence-electron chi connectivity index (χ4n) is 2.03. The van der Waals surface area contributed by atoms with E-state index in [0.29, 0.717) is 24.9 Å². The summed E-state index contributed by atoms with van der Waals surface area (Å²) in [5, 5.41) is 6.23. The molecular formula is C17H23FN4O2. The van der Waals surface area contributed by atoms with Crippen molar-refractivity contribution in [2.45, 2.75) is 33.4 Å². The third-order valence-electron chi connectivity index (χ3n) is 3.43. The van der Waals surface area contributed by atoms with E-state index in [1.54, 1.807) is 25.2 Å². The van der Waals surface area contributed by atoms with Crippen molar-refractivity contribution < 1.29 is 13.5 Å². The van der Waals surface area contributed by atoms with Crippen LogP contribution in [0.2, 0.25) is 0 Å². The molecule has 0 bridgehead atoms. The number of aromatic nitrogens is 1. The van der Waals surface area contributed by atoms with E-state index in [-0.39, 0.29) is 17.7 Å². The van der Waals surface area contributed by atoms with Gasteiger partial charge in [0.15, 0.2) is 17.5 Å². The summed E-state index contributed by atoms with van der Waals surface area (Å²) in [6.07, 6.45) is -0.230. The molecule has 0 saturated carbocycles. The molecular weight excluding hydrogens is 311 g/mol. The standard InChI is InChI=1S/C17H23FN4O2/c1-11(23-15-8-6-5-7-14(15)18)9-20-17(19-4)21-10-16-22-12(2)13(3)24-16/h5-8,11H,9-10H2,1-4H3,(H2,19,20,21). The lowest BCUT2D eigenvalue weighted by atomic mass is 10.3. The molecule has 1 atom stereocenters. The number of rotatable bonds is 6. The van der Waals surface area contributed by atoms with Gasteiger partial charge >= 0.3 is 0 Å². The SMILES string of the molecule is CN=C(NCc1nc(C)c(C)o1)NCC(C)Oc1ccccc1F. The predicted octanol–water partition coefficient (Wildman–Crippen LogP) is 2.56. The van der Waals surface area contributed by atoms with Crippen LogP contribution in [0.25, 0.3) is 0 Å². The van der Waals surface area contributed by atoms with Gasteiger partial charge in [0.2, 0.25) is 5.89 Å². The summed E-state index contributed by atoms with van der Waals surface area (Å²) in [5.74, 6) is 1.86. The molecule has 2 N–H and O–H groups in total. The first-order valence-electron chi connectivity index (χ1n) is 7.78. The quantitative estimate of drug-likeness (QED) is 0.627. The number of nitrogens with zero attached hydrogens (tertiary/aromatic N) is 2. The van der Waals surface area contributed by atoms with Crippen molar-refractivity contribution in [1.29, 1.82) is 0 Å². The van der Waals surface area contributed by atoms with Gasteiger partial charge in [-0.15, -0.1) is 0 Å². The Morgan fingerprint density at radius 2 is 2.08 bits per heavy atom. The largest absolute Gasteiger partial charge is 0.486 e. The third-order valence-corrected chi connectivity index (χ3v) is 3.43. The number of benzene rings is 1. The van der Waals surface area contributed by atoms with Crippen LogP contribution in [-0.4, -0.2) is 30.6 Å². The Kier molecular flexibility index (Phi) is 6.17. The molecule has 0 aliphatic heterocycles. The molecule has 0 saturated heterocycles. The summed E-state index contributed by atoms with van der Waals surface area (Å²) in [4.78, 5) is 8.42. The van der Waals surface area contributed by atoms with Crippen LogP contribution >= 0.6 is 0 Å². The van der Waals surface area contributed by atoms with Crippen molar-refractivity contribution >= 4 is 5.96 Å². The lowest BCUT2D eigenvalue weighted by Gasteiger charge is -2.17. The minimum atomic E-state index is -0.374. The van der Waals surface area contributed by atoms with Crippen molar-refractivity contribution in [2.75, 3.05) is 13.6 Å². The molecule has 1 heterocycles. The molecule has 0 radical (unpaired) electrons. The van der Waals surface area contributed by atoms with Gasteiger partial charge in [0.1, 0.15) is 11.9 Å². The average Bonchev–Trinajstić information content (AvgIpc) is 2.88. The molecule has 1 aromatic carbocycles. The van der Waals surface area contributed by atoms with Crippen molar-refractivity contribution in [2.24, 2.45) is 4.99 Å². The van der Waals surface area contributed by atoms with E-state index >= 15 is 0 Å². The maximum atomic E-state index is 13.6. The Hall–Kier alpha value is -2.57. The highest BCUT2D eigenvalue weighted by atomic mass is 19.1. The minimum absolute atomic E-state index is 0.230. The van der Waals surface area contributed by atoms with Gasteiger partial charge in [-0.2, -0.15) is 0 Å². The number of halogens is 1. The second-order valence-corrected chi connectivity index (χ2v) is 5.41. The van der Waals surface area contributed by atoms with E-state index < -0.39 is 0 Å². The highest BCUT2D eigenvalue weighted by Gasteiger charge is 2.10. The van der Waals surface area contributed by atoms with Crippen LogP contribution in [0.4, 0.5) is 4.39 Å². The molecule has 0 fully saturated rings. The zero-order chi connectivity index (χ0) is 17.5. The Morgan fingerprint density at radius 1 is 1.33 bits per heavy atom. The molecule has 1 aromatic heterocycles. The minimum Gasteiger partial charge on any atom is -0.486 e. The van der Waals surface area contributed by atoms with Crippen molar-refractivity contribution in [3.05, 3.63) is 47.4 Å². The maximum absolute atomic E-state index is 13.6. The first-order chi connectivity index (χ1) is 11.5. The lowest BCUT2D eigenvalue weighted by Crippen LogP contribution is -2.41. The first-order valence-corrected chi connectivity index (χ1v) is 7.78. The van der Waals surface area contributed by atoms with Gasteiger partial charge in [-0.1, -0.05) is 12.1 Å². The number of aryl methyl sites for hydroxylation is 2. The summed E-state index contributed by atoms with van der Waals surface area (Å²) in [6, 6.07) is 6.34. The molecule has 0 amide bonds. The molecule has 1 unspecified atom stereocenters. The van der Waals surface area contributed by atoms with Crippen LogP contribution in [-0.2, 0) is 6.54 Å². The first kappa shape index (κ1) is 17.8.